The SMILES string of the molecule is Cc1cccc(CCNc2ncc3c(n2)CN(C(=O)O)CC3)n1. The van der Waals surface area contributed by atoms with Gasteiger partial charge in [-0.3, -0.25) is 4.98 Å². The highest BCUT2D eigenvalue weighted by Gasteiger charge is 2.21. The average molecular weight is 313 g/mol. The fourth-order valence-corrected chi connectivity index (χ4v) is 2.59. The van der Waals surface area contributed by atoms with Gasteiger partial charge in [0.1, 0.15) is 0 Å². The van der Waals surface area contributed by atoms with E-state index >= 15 is 0 Å². The van der Waals surface area contributed by atoms with Crippen LogP contribution in [0.1, 0.15) is 22.6 Å². The summed E-state index contributed by atoms with van der Waals surface area (Å²) in [7, 11) is 0. The molecular weight excluding hydrogens is 294 g/mol. The second-order valence-electron chi connectivity index (χ2n) is 5.57. The largest absolute Gasteiger partial charge is 0.465 e. The van der Waals surface area contributed by atoms with E-state index < -0.39 is 6.09 Å². The summed E-state index contributed by atoms with van der Waals surface area (Å²) in [6.07, 6.45) is 2.32. The molecule has 3 heterocycles. The highest BCUT2D eigenvalue weighted by Crippen LogP contribution is 2.17. The van der Waals surface area contributed by atoms with Crippen LogP contribution in [0.3, 0.4) is 0 Å². The van der Waals surface area contributed by atoms with Gasteiger partial charge in [0.25, 0.3) is 0 Å². The molecular formula is C16H19N5O2. The van der Waals surface area contributed by atoms with Crippen molar-refractivity contribution in [3.63, 3.8) is 0 Å². The van der Waals surface area contributed by atoms with E-state index in [4.69, 9.17) is 5.11 Å². The number of nitrogens with zero attached hydrogens (tertiary/aromatic N) is 4. The van der Waals surface area contributed by atoms with Gasteiger partial charge in [0.15, 0.2) is 0 Å². The molecule has 1 aliphatic heterocycles. The number of carboxylic acid groups (broad SMARTS) is 1. The number of pyridine rings is 1. The molecule has 7 nitrogen and oxygen atoms in total. The number of amides is 1. The molecule has 2 aromatic heterocycles. The molecule has 1 amide bonds. The van der Waals surface area contributed by atoms with E-state index in [1.165, 1.54) is 4.90 Å². The predicted molar refractivity (Wildman–Crippen MR) is 85.3 cm³/mol. The van der Waals surface area contributed by atoms with Crippen molar-refractivity contribution in [2.45, 2.75) is 26.3 Å². The lowest BCUT2D eigenvalue weighted by Crippen LogP contribution is -2.35. The molecule has 0 aliphatic carbocycles. The highest BCUT2D eigenvalue weighted by atomic mass is 16.4. The third kappa shape index (κ3) is 3.74. The number of rotatable bonds is 4. The van der Waals surface area contributed by atoms with Crippen LogP contribution in [-0.2, 0) is 19.4 Å². The Kier molecular flexibility index (Phi) is 4.36. The monoisotopic (exact) mass is 313 g/mol. The normalized spacial score (nSPS) is 13.5. The van der Waals surface area contributed by atoms with Crippen molar-refractivity contribution in [2.75, 3.05) is 18.4 Å². The fraction of sp³-hybridized carbons (Fsp3) is 0.375. The summed E-state index contributed by atoms with van der Waals surface area (Å²) in [5.74, 6) is 0.531. The summed E-state index contributed by atoms with van der Waals surface area (Å²) in [6.45, 7) is 3.47. The van der Waals surface area contributed by atoms with Gasteiger partial charge in [0.2, 0.25) is 5.95 Å². The summed E-state index contributed by atoms with van der Waals surface area (Å²) < 4.78 is 0. The van der Waals surface area contributed by atoms with Crippen molar-refractivity contribution < 1.29 is 9.90 Å². The van der Waals surface area contributed by atoms with E-state index in [1.807, 2.05) is 25.1 Å². The lowest BCUT2D eigenvalue weighted by atomic mass is 10.1. The zero-order chi connectivity index (χ0) is 16.2. The minimum absolute atomic E-state index is 0.321. The van der Waals surface area contributed by atoms with Gasteiger partial charge >= 0.3 is 6.09 Å². The molecule has 3 rings (SSSR count). The van der Waals surface area contributed by atoms with E-state index in [1.54, 1.807) is 6.20 Å². The molecule has 1 aliphatic rings. The third-order valence-corrected chi connectivity index (χ3v) is 3.83. The third-order valence-electron chi connectivity index (χ3n) is 3.83. The fourth-order valence-electron chi connectivity index (χ4n) is 2.59. The Morgan fingerprint density at radius 2 is 2.26 bits per heavy atom. The van der Waals surface area contributed by atoms with Crippen molar-refractivity contribution in [3.05, 3.63) is 47.0 Å². The first-order valence-corrected chi connectivity index (χ1v) is 7.61. The summed E-state index contributed by atoms with van der Waals surface area (Å²) in [4.78, 5) is 25.6. The smallest absolute Gasteiger partial charge is 0.407 e. The van der Waals surface area contributed by atoms with Crippen molar-refractivity contribution in [1.82, 2.24) is 19.9 Å². The van der Waals surface area contributed by atoms with E-state index in [0.29, 0.717) is 32.0 Å². The van der Waals surface area contributed by atoms with Crippen LogP contribution < -0.4 is 5.32 Å². The van der Waals surface area contributed by atoms with Gasteiger partial charge in [0.05, 0.1) is 12.2 Å². The molecule has 0 atom stereocenters. The second kappa shape index (κ2) is 6.60. The number of anilines is 1. The Morgan fingerprint density at radius 1 is 1.39 bits per heavy atom. The number of aryl methyl sites for hydroxylation is 1. The van der Waals surface area contributed by atoms with Gasteiger partial charge < -0.3 is 15.3 Å². The van der Waals surface area contributed by atoms with E-state index in [-0.39, 0.29) is 0 Å². The Labute approximate surface area is 134 Å². The van der Waals surface area contributed by atoms with Crippen LogP contribution in [0, 0.1) is 6.92 Å². The molecule has 2 aromatic rings. The van der Waals surface area contributed by atoms with E-state index in [9.17, 15) is 4.79 Å². The van der Waals surface area contributed by atoms with Crippen LogP contribution in [0.25, 0.3) is 0 Å². The lowest BCUT2D eigenvalue weighted by molar-refractivity contribution is 0.139. The molecule has 0 aromatic carbocycles. The maximum atomic E-state index is 11.1. The lowest BCUT2D eigenvalue weighted by Gasteiger charge is -2.25. The summed E-state index contributed by atoms with van der Waals surface area (Å²) >= 11 is 0. The average Bonchev–Trinajstić information content (AvgIpc) is 2.54. The van der Waals surface area contributed by atoms with Crippen LogP contribution in [0.15, 0.2) is 24.4 Å². The number of aromatic nitrogens is 3. The maximum absolute atomic E-state index is 11.1. The van der Waals surface area contributed by atoms with Gasteiger partial charge in [0, 0.05) is 37.1 Å². The molecule has 0 spiro atoms. The first-order chi connectivity index (χ1) is 11.1. The Bertz CT molecular complexity index is 719. The van der Waals surface area contributed by atoms with Gasteiger partial charge in [-0.25, -0.2) is 14.8 Å². The summed E-state index contributed by atoms with van der Waals surface area (Å²) in [6, 6.07) is 5.96. The molecule has 0 saturated carbocycles. The molecule has 0 unspecified atom stereocenters. The molecule has 23 heavy (non-hydrogen) atoms. The van der Waals surface area contributed by atoms with E-state index in [0.717, 1.165) is 29.1 Å². The molecule has 2 N–H and O–H groups in total. The van der Waals surface area contributed by atoms with Crippen LogP contribution in [0.4, 0.5) is 10.7 Å². The zero-order valence-electron chi connectivity index (χ0n) is 13.0. The van der Waals surface area contributed by atoms with E-state index in [2.05, 4.69) is 20.3 Å². The molecule has 0 bridgehead atoms. The molecule has 7 heteroatoms. The van der Waals surface area contributed by atoms with Gasteiger partial charge in [-0.1, -0.05) is 6.07 Å². The van der Waals surface area contributed by atoms with Crippen molar-refractivity contribution >= 4 is 12.0 Å². The van der Waals surface area contributed by atoms with Crippen molar-refractivity contribution in [2.24, 2.45) is 0 Å². The van der Waals surface area contributed by atoms with Crippen molar-refractivity contribution in [1.29, 1.82) is 0 Å². The second-order valence-corrected chi connectivity index (χ2v) is 5.57. The minimum atomic E-state index is -0.908. The Balaban J connectivity index is 1.61. The number of fused-ring (bicyclic) bond motifs is 1. The molecule has 0 saturated heterocycles. The summed E-state index contributed by atoms with van der Waals surface area (Å²) in [5, 5.41) is 12.3. The van der Waals surface area contributed by atoms with Gasteiger partial charge in [-0.15, -0.1) is 0 Å². The maximum Gasteiger partial charge on any atom is 0.407 e. The van der Waals surface area contributed by atoms with Crippen molar-refractivity contribution in [3.8, 4) is 0 Å². The number of carbonyl (C=O) groups is 1. The Hall–Kier alpha value is -2.70. The number of hydrogen-bond donors (Lipinski definition) is 2. The quantitative estimate of drug-likeness (QED) is 0.895. The van der Waals surface area contributed by atoms with Crippen LogP contribution in [0.2, 0.25) is 0 Å². The standard InChI is InChI=1S/C16H19N5O2/c1-11-3-2-4-13(19-11)5-7-17-15-18-9-12-6-8-21(16(22)23)10-14(12)20-15/h2-4,9H,5-8,10H2,1H3,(H,22,23)(H,17,18,20). The number of hydrogen-bond acceptors (Lipinski definition) is 5. The molecule has 0 fully saturated rings. The predicted octanol–water partition coefficient (Wildman–Crippen LogP) is 1.87. The summed E-state index contributed by atoms with van der Waals surface area (Å²) in [5.41, 5.74) is 3.83. The topological polar surface area (TPSA) is 91.2 Å². The highest BCUT2D eigenvalue weighted by molar-refractivity contribution is 5.65. The van der Waals surface area contributed by atoms with Crippen LogP contribution >= 0.6 is 0 Å². The van der Waals surface area contributed by atoms with Crippen LogP contribution in [-0.4, -0.2) is 44.1 Å². The first kappa shape index (κ1) is 15.2. The first-order valence-electron chi connectivity index (χ1n) is 7.61. The molecule has 120 valence electrons. The van der Waals surface area contributed by atoms with Gasteiger partial charge in [-0.05, 0) is 31.0 Å². The Morgan fingerprint density at radius 3 is 3.04 bits per heavy atom. The minimum Gasteiger partial charge on any atom is -0.465 e. The number of nitrogens with one attached hydrogen (secondary N) is 1. The van der Waals surface area contributed by atoms with Gasteiger partial charge in [-0.2, -0.15) is 0 Å². The zero-order valence-corrected chi connectivity index (χ0v) is 13.0. The van der Waals surface area contributed by atoms with Crippen LogP contribution in [0.5, 0.6) is 0 Å². The molecule has 0 radical (unpaired) electrons.